The van der Waals surface area contributed by atoms with E-state index in [4.69, 9.17) is 11.6 Å². The molecule has 102 valence electrons. The molecule has 1 N–H and O–H groups in total. The molecule has 19 heavy (non-hydrogen) atoms. The summed E-state index contributed by atoms with van der Waals surface area (Å²) in [6.45, 7) is 0. The van der Waals surface area contributed by atoms with Gasteiger partial charge < -0.3 is 5.32 Å². The molecule has 0 spiro atoms. The number of hydrogen-bond donors (Lipinski definition) is 1. The van der Waals surface area contributed by atoms with Crippen molar-refractivity contribution in [2.24, 2.45) is 17.8 Å². The van der Waals surface area contributed by atoms with Crippen LogP contribution in [-0.2, 0) is 4.79 Å². The van der Waals surface area contributed by atoms with Crippen LogP contribution in [0.3, 0.4) is 0 Å². The van der Waals surface area contributed by atoms with Crippen molar-refractivity contribution in [2.45, 2.75) is 32.1 Å². The van der Waals surface area contributed by atoms with Gasteiger partial charge in [0.2, 0.25) is 5.91 Å². The fraction of sp³-hybridized carbons (Fsp3) is 0.533. The summed E-state index contributed by atoms with van der Waals surface area (Å²) in [5.74, 6) is 2.37. The van der Waals surface area contributed by atoms with Crippen LogP contribution in [0.5, 0.6) is 0 Å². The van der Waals surface area contributed by atoms with E-state index in [9.17, 15) is 4.79 Å². The number of carbonyl (C=O) groups is 1. The van der Waals surface area contributed by atoms with Crippen molar-refractivity contribution < 1.29 is 4.79 Å². The first-order valence-electron chi connectivity index (χ1n) is 6.86. The summed E-state index contributed by atoms with van der Waals surface area (Å²) in [5.41, 5.74) is 0.707. The lowest BCUT2D eigenvalue weighted by atomic mass is 9.86. The first kappa shape index (κ1) is 13.4. The molecule has 0 saturated heterocycles. The van der Waals surface area contributed by atoms with Crippen molar-refractivity contribution in [3.05, 3.63) is 27.7 Å². The number of rotatable bonds is 3. The number of halogens is 2. The van der Waals surface area contributed by atoms with Gasteiger partial charge >= 0.3 is 0 Å². The van der Waals surface area contributed by atoms with Gasteiger partial charge in [0, 0.05) is 10.9 Å². The zero-order valence-electron chi connectivity index (χ0n) is 10.7. The molecule has 0 unspecified atom stereocenters. The van der Waals surface area contributed by atoms with E-state index in [0.717, 1.165) is 16.3 Å². The van der Waals surface area contributed by atoms with Gasteiger partial charge in [-0.2, -0.15) is 0 Å². The summed E-state index contributed by atoms with van der Waals surface area (Å²) in [6, 6.07) is 5.53. The predicted molar refractivity (Wildman–Crippen MR) is 81.3 cm³/mol. The third-order valence-electron chi connectivity index (χ3n) is 4.54. The normalized spacial score (nSPS) is 28.6. The predicted octanol–water partition coefficient (Wildman–Crippen LogP) is 4.87. The van der Waals surface area contributed by atoms with E-state index in [1.165, 1.54) is 25.7 Å². The van der Waals surface area contributed by atoms with E-state index < -0.39 is 0 Å². The second kappa shape index (κ2) is 5.45. The van der Waals surface area contributed by atoms with Crippen molar-refractivity contribution in [3.63, 3.8) is 0 Å². The van der Waals surface area contributed by atoms with Crippen LogP contribution in [-0.4, -0.2) is 5.91 Å². The summed E-state index contributed by atoms with van der Waals surface area (Å²) in [7, 11) is 0. The van der Waals surface area contributed by atoms with E-state index in [2.05, 4.69) is 21.2 Å². The second-order valence-corrected chi connectivity index (χ2v) is 7.13. The first-order valence-corrected chi connectivity index (χ1v) is 8.04. The highest BCUT2D eigenvalue weighted by Gasteiger charge is 2.40. The molecule has 0 aromatic heterocycles. The molecular weight excluding hydrogens is 326 g/mol. The van der Waals surface area contributed by atoms with Gasteiger partial charge in [0.05, 0.1) is 10.7 Å². The molecular formula is C15H17BrClNO. The Morgan fingerprint density at radius 2 is 2.21 bits per heavy atom. The van der Waals surface area contributed by atoms with E-state index in [1.54, 1.807) is 6.07 Å². The van der Waals surface area contributed by atoms with Gasteiger partial charge in [0.1, 0.15) is 0 Å². The maximum atomic E-state index is 12.1. The zero-order chi connectivity index (χ0) is 13.4. The molecule has 2 saturated carbocycles. The molecule has 2 fully saturated rings. The molecule has 1 aromatic rings. The van der Waals surface area contributed by atoms with Gasteiger partial charge in [-0.05, 0) is 55.2 Å². The van der Waals surface area contributed by atoms with Gasteiger partial charge in [-0.3, -0.25) is 4.79 Å². The maximum absolute atomic E-state index is 12.1. The van der Waals surface area contributed by atoms with Crippen molar-refractivity contribution in [3.8, 4) is 0 Å². The van der Waals surface area contributed by atoms with Gasteiger partial charge in [-0.1, -0.05) is 34.0 Å². The molecule has 1 aromatic carbocycles. The number of benzene rings is 1. The van der Waals surface area contributed by atoms with E-state index in [1.807, 2.05) is 12.1 Å². The summed E-state index contributed by atoms with van der Waals surface area (Å²) >= 11 is 9.47. The van der Waals surface area contributed by atoms with Crippen LogP contribution in [0.4, 0.5) is 5.69 Å². The molecule has 4 heteroatoms. The molecule has 0 aliphatic heterocycles. The minimum atomic E-state index is 0.0989. The van der Waals surface area contributed by atoms with Crippen LogP contribution in [0.25, 0.3) is 0 Å². The quantitative estimate of drug-likeness (QED) is 0.834. The van der Waals surface area contributed by atoms with Gasteiger partial charge in [0.25, 0.3) is 0 Å². The fourth-order valence-corrected chi connectivity index (χ4v) is 4.38. The number of carbonyl (C=O) groups excluding carboxylic acids is 1. The van der Waals surface area contributed by atoms with Crippen LogP contribution in [0, 0.1) is 17.8 Å². The molecule has 2 aliphatic carbocycles. The lowest BCUT2D eigenvalue weighted by Crippen LogP contribution is -2.20. The Hall–Kier alpha value is -0.540. The summed E-state index contributed by atoms with van der Waals surface area (Å²) in [6.07, 6.45) is 5.93. The Kier molecular flexibility index (Phi) is 3.86. The smallest absolute Gasteiger partial charge is 0.224 e. The van der Waals surface area contributed by atoms with Crippen molar-refractivity contribution in [1.82, 2.24) is 0 Å². The van der Waals surface area contributed by atoms with Crippen LogP contribution >= 0.6 is 27.5 Å². The lowest BCUT2D eigenvalue weighted by molar-refractivity contribution is -0.117. The number of nitrogens with one attached hydrogen (secondary N) is 1. The standard InChI is InChI=1S/C15H17BrClNO/c16-12-3-4-14(13(17)8-12)18-15(19)7-11-6-9-1-2-10(11)5-9/h3-4,8-11H,1-2,5-7H2,(H,18,19)/t9-,10+,11+/m0/s1. The Morgan fingerprint density at radius 3 is 2.84 bits per heavy atom. The number of amides is 1. The van der Waals surface area contributed by atoms with E-state index >= 15 is 0 Å². The molecule has 2 aliphatic rings. The average molecular weight is 343 g/mol. The van der Waals surface area contributed by atoms with Crippen LogP contribution in [0.2, 0.25) is 5.02 Å². The van der Waals surface area contributed by atoms with Crippen LogP contribution in [0.15, 0.2) is 22.7 Å². The third-order valence-corrected chi connectivity index (χ3v) is 5.34. The summed E-state index contributed by atoms with van der Waals surface area (Å²) in [5, 5.41) is 3.51. The molecule has 3 atom stereocenters. The second-order valence-electron chi connectivity index (χ2n) is 5.81. The molecule has 2 bridgehead atoms. The summed E-state index contributed by atoms with van der Waals surface area (Å²) < 4.78 is 0.920. The van der Waals surface area contributed by atoms with Gasteiger partial charge in [-0.15, -0.1) is 0 Å². The largest absolute Gasteiger partial charge is 0.325 e. The number of fused-ring (bicyclic) bond motifs is 2. The fourth-order valence-electron chi connectivity index (χ4n) is 3.66. The Balaban J connectivity index is 1.59. The number of anilines is 1. The molecule has 1 amide bonds. The highest BCUT2D eigenvalue weighted by molar-refractivity contribution is 9.10. The zero-order valence-corrected chi connectivity index (χ0v) is 13.0. The van der Waals surface area contributed by atoms with Crippen molar-refractivity contribution in [2.75, 3.05) is 5.32 Å². The van der Waals surface area contributed by atoms with Crippen molar-refractivity contribution in [1.29, 1.82) is 0 Å². The molecule has 0 heterocycles. The summed E-state index contributed by atoms with van der Waals surface area (Å²) in [4.78, 5) is 12.1. The van der Waals surface area contributed by atoms with Gasteiger partial charge in [-0.25, -0.2) is 0 Å². The van der Waals surface area contributed by atoms with Gasteiger partial charge in [0.15, 0.2) is 0 Å². The maximum Gasteiger partial charge on any atom is 0.224 e. The highest BCUT2D eigenvalue weighted by atomic mass is 79.9. The monoisotopic (exact) mass is 341 g/mol. The van der Waals surface area contributed by atoms with Crippen LogP contribution < -0.4 is 5.32 Å². The molecule has 3 rings (SSSR count). The molecule has 0 radical (unpaired) electrons. The molecule has 2 nitrogen and oxygen atoms in total. The SMILES string of the molecule is O=C(C[C@H]1C[C@H]2CC[C@@H]1C2)Nc1ccc(Br)cc1Cl. The Morgan fingerprint density at radius 1 is 1.37 bits per heavy atom. The minimum absolute atomic E-state index is 0.0989. The first-order chi connectivity index (χ1) is 9.11. The lowest BCUT2D eigenvalue weighted by Gasteiger charge is -2.21. The highest BCUT2D eigenvalue weighted by Crippen LogP contribution is 2.49. The Labute approximate surface area is 127 Å². The number of hydrogen-bond acceptors (Lipinski definition) is 1. The topological polar surface area (TPSA) is 29.1 Å². The Bertz CT molecular complexity index is 505. The third kappa shape index (κ3) is 2.97. The average Bonchev–Trinajstić information content (AvgIpc) is 2.95. The minimum Gasteiger partial charge on any atom is -0.325 e. The van der Waals surface area contributed by atoms with Crippen LogP contribution in [0.1, 0.15) is 32.1 Å². The van der Waals surface area contributed by atoms with E-state index in [0.29, 0.717) is 23.0 Å². The van der Waals surface area contributed by atoms with E-state index in [-0.39, 0.29) is 5.91 Å². The van der Waals surface area contributed by atoms with Crippen molar-refractivity contribution >= 4 is 39.1 Å².